The van der Waals surface area contributed by atoms with Crippen molar-refractivity contribution in [3.63, 3.8) is 0 Å². The fourth-order valence-corrected chi connectivity index (χ4v) is 3.60. The molecule has 2 N–H and O–H groups in total. The maximum absolute atomic E-state index is 13.3. The molecular weight excluding hydrogens is 399 g/mol. The van der Waals surface area contributed by atoms with Gasteiger partial charge in [0.15, 0.2) is 0 Å². The lowest BCUT2D eigenvalue weighted by Crippen LogP contribution is -2.53. The van der Waals surface area contributed by atoms with Crippen molar-refractivity contribution in [2.24, 2.45) is 0 Å². The summed E-state index contributed by atoms with van der Waals surface area (Å²) in [5, 5.41) is 5.68. The summed E-state index contributed by atoms with van der Waals surface area (Å²) >= 11 is 0. The van der Waals surface area contributed by atoms with E-state index in [-0.39, 0.29) is 30.2 Å². The van der Waals surface area contributed by atoms with Crippen LogP contribution in [0.4, 0.5) is 15.8 Å². The topological polar surface area (TPSA) is 73.9 Å². The Morgan fingerprint density at radius 1 is 1.10 bits per heavy atom. The molecule has 1 aliphatic rings. The first-order chi connectivity index (χ1) is 14.9. The molecule has 1 saturated heterocycles. The molecule has 8 heteroatoms. The number of halogens is 1. The minimum absolute atomic E-state index is 0.103. The number of carbonyl (C=O) groups excluding carboxylic acids is 2. The molecule has 1 unspecified atom stereocenters. The maximum Gasteiger partial charge on any atom is 0.241 e. The lowest BCUT2D eigenvalue weighted by Gasteiger charge is -2.37. The van der Waals surface area contributed by atoms with Gasteiger partial charge in [0, 0.05) is 31.9 Å². The quantitative estimate of drug-likeness (QED) is 0.710. The monoisotopic (exact) mass is 428 g/mol. The number of anilines is 2. The molecule has 166 valence electrons. The van der Waals surface area contributed by atoms with Crippen LogP contribution >= 0.6 is 0 Å². The van der Waals surface area contributed by atoms with E-state index in [0.717, 1.165) is 5.56 Å². The Kier molecular flexibility index (Phi) is 7.59. The number of benzene rings is 2. The Morgan fingerprint density at radius 2 is 1.84 bits per heavy atom. The Balaban J connectivity index is 1.47. The van der Waals surface area contributed by atoms with E-state index in [4.69, 9.17) is 4.74 Å². The number of hydrogen-bond donors (Lipinski definition) is 2. The fraction of sp³-hybridized carbons (Fsp3) is 0.391. The Bertz CT molecular complexity index is 929. The number of nitrogens with one attached hydrogen (secondary N) is 2. The first kappa shape index (κ1) is 22.7. The number of aryl methyl sites for hydroxylation is 1. The standard InChI is InChI=1S/C23H29FN4O3/c1-16-7-8-21(31-3)20(13-16)26-22(29)15-27-9-11-28(12-10-27)17(2)23(30)25-19-6-4-5-18(24)14-19/h4-8,13-14,17H,9-12,15H2,1-3H3,(H,25,30)(H,26,29). The number of ether oxygens (including phenoxy) is 1. The maximum atomic E-state index is 13.3. The van der Waals surface area contributed by atoms with Crippen LogP contribution in [0, 0.1) is 12.7 Å². The Morgan fingerprint density at radius 3 is 2.52 bits per heavy atom. The van der Waals surface area contributed by atoms with Gasteiger partial charge in [-0.2, -0.15) is 0 Å². The molecule has 1 fully saturated rings. The summed E-state index contributed by atoms with van der Waals surface area (Å²) in [6.45, 7) is 6.75. The van der Waals surface area contributed by atoms with E-state index in [1.165, 1.54) is 12.1 Å². The Labute approximate surface area is 182 Å². The van der Waals surface area contributed by atoms with Gasteiger partial charge in [0.25, 0.3) is 0 Å². The molecule has 2 aromatic rings. The van der Waals surface area contributed by atoms with Crippen molar-refractivity contribution in [3.8, 4) is 5.75 Å². The summed E-state index contributed by atoms with van der Waals surface area (Å²) in [6.07, 6.45) is 0. The molecule has 0 aromatic heterocycles. The summed E-state index contributed by atoms with van der Waals surface area (Å²) in [4.78, 5) is 29.1. The summed E-state index contributed by atoms with van der Waals surface area (Å²) in [7, 11) is 1.57. The van der Waals surface area contributed by atoms with E-state index >= 15 is 0 Å². The van der Waals surface area contributed by atoms with Crippen molar-refractivity contribution < 1.29 is 18.7 Å². The third-order valence-electron chi connectivity index (χ3n) is 5.42. The van der Waals surface area contributed by atoms with Gasteiger partial charge in [-0.1, -0.05) is 12.1 Å². The highest BCUT2D eigenvalue weighted by molar-refractivity contribution is 5.95. The van der Waals surface area contributed by atoms with Crippen LogP contribution in [0.2, 0.25) is 0 Å². The number of methoxy groups -OCH3 is 1. The van der Waals surface area contributed by atoms with Crippen molar-refractivity contribution in [1.82, 2.24) is 9.80 Å². The molecule has 0 bridgehead atoms. The SMILES string of the molecule is COc1ccc(C)cc1NC(=O)CN1CCN(C(C)C(=O)Nc2cccc(F)c2)CC1. The highest BCUT2D eigenvalue weighted by atomic mass is 19.1. The molecule has 31 heavy (non-hydrogen) atoms. The number of nitrogens with zero attached hydrogens (tertiary/aromatic N) is 2. The molecule has 1 heterocycles. The number of carbonyl (C=O) groups is 2. The zero-order valence-corrected chi connectivity index (χ0v) is 18.2. The van der Waals surface area contributed by atoms with E-state index in [0.29, 0.717) is 43.3 Å². The largest absolute Gasteiger partial charge is 0.495 e. The predicted octanol–water partition coefficient (Wildman–Crippen LogP) is 2.73. The molecule has 0 saturated carbocycles. The smallest absolute Gasteiger partial charge is 0.241 e. The molecule has 7 nitrogen and oxygen atoms in total. The minimum atomic E-state index is -0.388. The lowest BCUT2D eigenvalue weighted by molar-refractivity contribution is -0.122. The summed E-state index contributed by atoms with van der Waals surface area (Å²) in [5.74, 6) is -0.0416. The van der Waals surface area contributed by atoms with Crippen molar-refractivity contribution in [2.45, 2.75) is 19.9 Å². The van der Waals surface area contributed by atoms with E-state index in [2.05, 4.69) is 20.4 Å². The van der Waals surface area contributed by atoms with Crippen LogP contribution in [0.5, 0.6) is 5.75 Å². The average molecular weight is 429 g/mol. The van der Waals surface area contributed by atoms with Crippen LogP contribution in [0.1, 0.15) is 12.5 Å². The van der Waals surface area contributed by atoms with E-state index in [9.17, 15) is 14.0 Å². The molecule has 2 amide bonds. The molecule has 0 aliphatic carbocycles. The highest BCUT2D eigenvalue weighted by Gasteiger charge is 2.26. The van der Waals surface area contributed by atoms with Crippen LogP contribution in [0.25, 0.3) is 0 Å². The first-order valence-electron chi connectivity index (χ1n) is 10.3. The molecule has 1 aliphatic heterocycles. The lowest BCUT2D eigenvalue weighted by atomic mass is 10.2. The first-order valence-corrected chi connectivity index (χ1v) is 10.3. The number of rotatable bonds is 7. The minimum Gasteiger partial charge on any atom is -0.495 e. The van der Waals surface area contributed by atoms with Gasteiger partial charge in [0.1, 0.15) is 11.6 Å². The van der Waals surface area contributed by atoms with Crippen LogP contribution in [0.15, 0.2) is 42.5 Å². The number of amides is 2. The Hall–Kier alpha value is -2.97. The van der Waals surface area contributed by atoms with Crippen LogP contribution in [0.3, 0.4) is 0 Å². The van der Waals surface area contributed by atoms with Gasteiger partial charge < -0.3 is 15.4 Å². The summed E-state index contributed by atoms with van der Waals surface area (Å²) < 4.78 is 18.6. The van der Waals surface area contributed by atoms with Gasteiger partial charge >= 0.3 is 0 Å². The average Bonchev–Trinajstić information content (AvgIpc) is 2.74. The van der Waals surface area contributed by atoms with Crippen molar-refractivity contribution in [1.29, 1.82) is 0 Å². The number of hydrogen-bond acceptors (Lipinski definition) is 5. The van der Waals surface area contributed by atoms with Crippen molar-refractivity contribution in [3.05, 3.63) is 53.8 Å². The van der Waals surface area contributed by atoms with Crippen LogP contribution in [-0.4, -0.2) is 67.5 Å². The predicted molar refractivity (Wildman–Crippen MR) is 119 cm³/mol. The second-order valence-corrected chi connectivity index (χ2v) is 7.74. The summed E-state index contributed by atoms with van der Waals surface area (Å²) in [6, 6.07) is 11.1. The van der Waals surface area contributed by atoms with Crippen LogP contribution in [-0.2, 0) is 9.59 Å². The highest BCUT2D eigenvalue weighted by Crippen LogP contribution is 2.25. The molecular formula is C23H29FN4O3. The normalized spacial score (nSPS) is 15.9. The third kappa shape index (κ3) is 6.26. The van der Waals surface area contributed by atoms with Gasteiger partial charge in [-0.15, -0.1) is 0 Å². The second-order valence-electron chi connectivity index (χ2n) is 7.74. The van der Waals surface area contributed by atoms with Gasteiger partial charge in [-0.3, -0.25) is 19.4 Å². The van der Waals surface area contributed by atoms with Gasteiger partial charge in [0.05, 0.1) is 25.4 Å². The fourth-order valence-electron chi connectivity index (χ4n) is 3.60. The molecule has 1 atom stereocenters. The summed E-state index contributed by atoms with van der Waals surface area (Å²) in [5.41, 5.74) is 2.14. The molecule has 0 spiro atoms. The van der Waals surface area contributed by atoms with Gasteiger partial charge in [-0.05, 0) is 49.7 Å². The molecule has 2 aromatic carbocycles. The zero-order chi connectivity index (χ0) is 22.4. The number of piperazine rings is 1. The molecule has 0 radical (unpaired) electrons. The third-order valence-corrected chi connectivity index (χ3v) is 5.42. The van der Waals surface area contributed by atoms with Gasteiger partial charge in [-0.25, -0.2) is 4.39 Å². The zero-order valence-electron chi connectivity index (χ0n) is 18.2. The second kappa shape index (κ2) is 10.4. The van der Waals surface area contributed by atoms with Gasteiger partial charge in [0.2, 0.25) is 11.8 Å². The van der Waals surface area contributed by atoms with Crippen molar-refractivity contribution in [2.75, 3.05) is 50.5 Å². The van der Waals surface area contributed by atoms with Crippen LogP contribution < -0.4 is 15.4 Å². The van der Waals surface area contributed by atoms with Crippen molar-refractivity contribution >= 4 is 23.2 Å². The van der Waals surface area contributed by atoms with E-state index < -0.39 is 0 Å². The van der Waals surface area contributed by atoms with E-state index in [1.54, 1.807) is 19.2 Å². The molecule has 3 rings (SSSR count). The van der Waals surface area contributed by atoms with E-state index in [1.807, 2.05) is 32.0 Å².